The monoisotopic (exact) mass is 232 g/mol. The Morgan fingerprint density at radius 2 is 2.42 bits per heavy atom. The molecule has 0 radical (unpaired) electrons. The third-order valence-corrected chi connectivity index (χ3v) is 2.12. The molecule has 1 N–H and O–H groups in total. The number of aromatic carboxylic acids is 1. The van der Waals surface area contributed by atoms with Gasteiger partial charge in [0.05, 0.1) is 5.33 Å². The Balaban J connectivity index is 3.08. The van der Waals surface area contributed by atoms with Gasteiger partial charge in [-0.1, -0.05) is 22.9 Å². The van der Waals surface area contributed by atoms with Crippen molar-refractivity contribution in [2.75, 3.05) is 0 Å². The first kappa shape index (κ1) is 9.32. The number of carboxylic acid groups (broad SMARTS) is 1. The van der Waals surface area contributed by atoms with Crippen molar-refractivity contribution in [3.63, 3.8) is 0 Å². The van der Waals surface area contributed by atoms with Gasteiger partial charge in [-0.05, 0) is 12.5 Å². The first-order valence-corrected chi connectivity index (χ1v) is 4.72. The molecule has 3 nitrogen and oxygen atoms in total. The number of alkyl halides is 1. The van der Waals surface area contributed by atoms with Gasteiger partial charge in [-0.25, -0.2) is 4.79 Å². The molecule has 0 aromatic carbocycles. The van der Waals surface area contributed by atoms with Crippen LogP contribution < -0.4 is 0 Å². The minimum absolute atomic E-state index is 0.0620. The fraction of sp³-hybridized carbons (Fsp3) is 0.375. The summed E-state index contributed by atoms with van der Waals surface area (Å²) in [5, 5.41) is 9.25. The van der Waals surface area contributed by atoms with E-state index in [2.05, 4.69) is 15.9 Å². The van der Waals surface area contributed by atoms with Gasteiger partial charge in [0.25, 0.3) is 0 Å². The van der Waals surface area contributed by atoms with E-state index in [1.165, 1.54) is 0 Å². The number of halogens is 1. The lowest BCUT2D eigenvalue weighted by atomic mass is 10.2. The maximum atomic E-state index is 10.6. The molecule has 12 heavy (non-hydrogen) atoms. The Kier molecular flexibility index (Phi) is 2.92. The second kappa shape index (κ2) is 3.76. The SMILES string of the molecule is CCc1cc(CBr)oc1C(=O)O. The Bertz CT molecular complexity index is 290. The van der Waals surface area contributed by atoms with E-state index in [0.717, 1.165) is 5.56 Å². The summed E-state index contributed by atoms with van der Waals surface area (Å²) < 4.78 is 5.07. The Morgan fingerprint density at radius 3 is 2.75 bits per heavy atom. The van der Waals surface area contributed by atoms with Gasteiger partial charge in [0, 0.05) is 5.56 Å². The second-order valence-corrected chi connectivity index (χ2v) is 2.92. The Hall–Kier alpha value is -0.770. The summed E-state index contributed by atoms with van der Waals surface area (Å²) in [4.78, 5) is 10.6. The smallest absolute Gasteiger partial charge is 0.372 e. The molecule has 0 bridgehead atoms. The van der Waals surface area contributed by atoms with E-state index < -0.39 is 5.97 Å². The standard InChI is InChI=1S/C8H9BrO3/c1-2-5-3-6(4-9)12-7(5)8(10)11/h3H,2,4H2,1H3,(H,10,11). The largest absolute Gasteiger partial charge is 0.475 e. The zero-order valence-electron chi connectivity index (χ0n) is 6.63. The number of rotatable bonds is 3. The van der Waals surface area contributed by atoms with Gasteiger partial charge < -0.3 is 9.52 Å². The summed E-state index contributed by atoms with van der Waals surface area (Å²) in [6, 6.07) is 1.76. The molecule has 0 atom stereocenters. The van der Waals surface area contributed by atoms with Gasteiger partial charge in [-0.3, -0.25) is 0 Å². The predicted octanol–water partition coefficient (Wildman–Crippen LogP) is 2.44. The molecule has 66 valence electrons. The average molecular weight is 233 g/mol. The maximum absolute atomic E-state index is 10.6. The molecule has 0 aliphatic carbocycles. The Morgan fingerprint density at radius 1 is 1.75 bits per heavy atom. The van der Waals surface area contributed by atoms with Gasteiger partial charge >= 0.3 is 5.97 Å². The predicted molar refractivity (Wildman–Crippen MR) is 47.7 cm³/mol. The van der Waals surface area contributed by atoms with Gasteiger partial charge in [0.15, 0.2) is 0 Å². The van der Waals surface area contributed by atoms with Crippen molar-refractivity contribution >= 4 is 21.9 Å². The van der Waals surface area contributed by atoms with Crippen LogP contribution in [0.3, 0.4) is 0 Å². The number of carbonyl (C=O) groups is 1. The number of hydrogen-bond acceptors (Lipinski definition) is 2. The van der Waals surface area contributed by atoms with Crippen LogP contribution in [0.4, 0.5) is 0 Å². The average Bonchev–Trinajstić information content (AvgIpc) is 2.47. The first-order valence-electron chi connectivity index (χ1n) is 3.59. The normalized spacial score (nSPS) is 10.2. The summed E-state index contributed by atoms with van der Waals surface area (Å²) in [5.41, 5.74) is 0.747. The van der Waals surface area contributed by atoms with E-state index in [1.54, 1.807) is 6.07 Å². The molecular weight excluding hydrogens is 224 g/mol. The maximum Gasteiger partial charge on any atom is 0.372 e. The second-order valence-electron chi connectivity index (χ2n) is 2.36. The highest BCUT2D eigenvalue weighted by molar-refractivity contribution is 9.08. The van der Waals surface area contributed by atoms with Crippen LogP contribution in [0.2, 0.25) is 0 Å². The molecule has 0 aliphatic heterocycles. The third kappa shape index (κ3) is 1.69. The van der Waals surface area contributed by atoms with Gasteiger partial charge in [-0.2, -0.15) is 0 Å². The number of hydrogen-bond donors (Lipinski definition) is 1. The summed E-state index contributed by atoms with van der Waals surface area (Å²) in [7, 11) is 0. The molecule has 0 aliphatic rings. The van der Waals surface area contributed by atoms with Crippen LogP contribution in [0.15, 0.2) is 10.5 Å². The quantitative estimate of drug-likeness (QED) is 0.815. The molecule has 0 amide bonds. The van der Waals surface area contributed by atoms with Gasteiger partial charge in [0.1, 0.15) is 5.76 Å². The summed E-state index contributed by atoms with van der Waals surface area (Å²) in [6.07, 6.45) is 0.679. The van der Waals surface area contributed by atoms with Gasteiger partial charge in [0.2, 0.25) is 5.76 Å². The molecule has 4 heteroatoms. The van der Waals surface area contributed by atoms with Crippen LogP contribution in [0.5, 0.6) is 0 Å². The number of furan rings is 1. The van der Waals surface area contributed by atoms with E-state index >= 15 is 0 Å². The van der Waals surface area contributed by atoms with Crippen molar-refractivity contribution < 1.29 is 14.3 Å². The fourth-order valence-corrected chi connectivity index (χ4v) is 1.27. The lowest BCUT2D eigenvalue weighted by molar-refractivity contribution is 0.0659. The van der Waals surface area contributed by atoms with Crippen molar-refractivity contribution in [1.29, 1.82) is 0 Å². The van der Waals surface area contributed by atoms with E-state index in [1.807, 2.05) is 6.92 Å². The van der Waals surface area contributed by atoms with E-state index in [0.29, 0.717) is 17.5 Å². The summed E-state index contributed by atoms with van der Waals surface area (Å²) in [6.45, 7) is 1.90. The van der Waals surface area contributed by atoms with Crippen LogP contribution in [0.1, 0.15) is 28.8 Å². The fourth-order valence-electron chi connectivity index (χ4n) is 0.995. The molecule has 0 fully saturated rings. The van der Waals surface area contributed by atoms with Crippen molar-refractivity contribution in [3.8, 4) is 0 Å². The lowest BCUT2D eigenvalue weighted by Crippen LogP contribution is -1.97. The van der Waals surface area contributed by atoms with Crippen LogP contribution in [0, 0.1) is 0 Å². The van der Waals surface area contributed by atoms with Crippen molar-refractivity contribution in [3.05, 3.63) is 23.2 Å². The van der Waals surface area contributed by atoms with Crippen molar-refractivity contribution in [2.45, 2.75) is 18.7 Å². The zero-order valence-corrected chi connectivity index (χ0v) is 8.22. The van der Waals surface area contributed by atoms with E-state index in [4.69, 9.17) is 9.52 Å². The van der Waals surface area contributed by atoms with E-state index in [9.17, 15) is 4.79 Å². The number of carboxylic acids is 1. The molecule has 1 heterocycles. The highest BCUT2D eigenvalue weighted by atomic mass is 79.9. The van der Waals surface area contributed by atoms with Crippen LogP contribution in [0.25, 0.3) is 0 Å². The van der Waals surface area contributed by atoms with Crippen molar-refractivity contribution in [1.82, 2.24) is 0 Å². The summed E-state index contributed by atoms with van der Waals surface area (Å²) >= 11 is 3.20. The first-order chi connectivity index (χ1) is 5.69. The minimum Gasteiger partial charge on any atom is -0.475 e. The number of aryl methyl sites for hydroxylation is 1. The highest BCUT2D eigenvalue weighted by Gasteiger charge is 2.15. The molecule has 0 saturated heterocycles. The lowest BCUT2D eigenvalue weighted by Gasteiger charge is -1.90. The van der Waals surface area contributed by atoms with Crippen LogP contribution >= 0.6 is 15.9 Å². The molecular formula is C8H9BrO3. The van der Waals surface area contributed by atoms with Crippen LogP contribution in [-0.2, 0) is 11.8 Å². The van der Waals surface area contributed by atoms with Crippen LogP contribution in [-0.4, -0.2) is 11.1 Å². The van der Waals surface area contributed by atoms with Crippen molar-refractivity contribution in [2.24, 2.45) is 0 Å². The molecule has 0 saturated carbocycles. The molecule has 1 aromatic rings. The minimum atomic E-state index is -1.00. The summed E-state index contributed by atoms with van der Waals surface area (Å²) in [5.74, 6) is -0.282. The molecule has 1 rings (SSSR count). The molecule has 0 unspecified atom stereocenters. The van der Waals surface area contributed by atoms with Gasteiger partial charge in [-0.15, -0.1) is 0 Å². The Labute approximate surface area is 78.5 Å². The third-order valence-electron chi connectivity index (χ3n) is 1.57. The highest BCUT2D eigenvalue weighted by Crippen LogP contribution is 2.18. The zero-order chi connectivity index (χ0) is 9.14. The van der Waals surface area contributed by atoms with E-state index in [-0.39, 0.29) is 5.76 Å². The molecule has 1 aromatic heterocycles. The molecule has 0 spiro atoms. The topological polar surface area (TPSA) is 50.4 Å².